The fourth-order valence-electron chi connectivity index (χ4n) is 3.91. The predicted octanol–water partition coefficient (Wildman–Crippen LogP) is 3.50. The monoisotopic (exact) mass is 431 g/mol. The fourth-order valence-corrected chi connectivity index (χ4v) is 3.91. The Morgan fingerprint density at radius 2 is 2.19 bits per heavy atom. The second-order valence-electron chi connectivity index (χ2n) is 7.58. The lowest BCUT2D eigenvalue weighted by molar-refractivity contribution is 0.0115. The van der Waals surface area contributed by atoms with Gasteiger partial charge in [0.25, 0.3) is 11.8 Å². The first-order valence-corrected chi connectivity index (χ1v) is 10.0. The van der Waals surface area contributed by atoms with Crippen molar-refractivity contribution in [2.45, 2.75) is 45.7 Å². The van der Waals surface area contributed by atoms with Crippen LogP contribution in [0.4, 0.5) is 8.78 Å². The van der Waals surface area contributed by atoms with Gasteiger partial charge < -0.3 is 14.2 Å². The lowest BCUT2D eigenvalue weighted by Gasteiger charge is -2.22. The molecule has 1 unspecified atom stereocenters. The average Bonchev–Trinajstić information content (AvgIpc) is 3.42. The number of aromatic nitrogens is 4. The predicted molar refractivity (Wildman–Crippen MR) is 107 cm³/mol. The van der Waals surface area contributed by atoms with Gasteiger partial charge in [-0.25, -0.2) is 8.78 Å². The molecule has 3 aromatic heterocycles. The SMILES string of the molecule is CCn1nc(C)c(-c2cc(C(=O)N3CC(F)(F)CC3COc3cccnc3)no2)c1C. The summed E-state index contributed by atoms with van der Waals surface area (Å²) in [6.45, 7) is 5.63. The van der Waals surface area contributed by atoms with E-state index in [0.717, 1.165) is 21.9 Å². The molecule has 0 aromatic carbocycles. The van der Waals surface area contributed by atoms with E-state index in [0.29, 0.717) is 18.1 Å². The standard InChI is InChI=1S/C21H23F2N5O3/c1-4-28-14(3)19(13(2)25-28)18-8-17(26-31-18)20(29)27-12-21(22,23)9-15(27)11-30-16-6-5-7-24-10-16/h5-8,10,15H,4,9,11-12H2,1-3H3. The van der Waals surface area contributed by atoms with E-state index in [1.807, 2.05) is 25.5 Å². The molecule has 10 heteroatoms. The Balaban J connectivity index is 1.54. The number of hydrogen-bond acceptors (Lipinski definition) is 6. The lowest BCUT2D eigenvalue weighted by Crippen LogP contribution is -2.39. The largest absolute Gasteiger partial charge is 0.490 e. The van der Waals surface area contributed by atoms with Crippen LogP contribution in [-0.4, -0.2) is 55.8 Å². The van der Waals surface area contributed by atoms with Crippen LogP contribution in [0.1, 0.15) is 35.2 Å². The first-order valence-electron chi connectivity index (χ1n) is 10.0. The van der Waals surface area contributed by atoms with Crippen molar-refractivity contribution in [1.29, 1.82) is 0 Å². The number of ether oxygens (including phenoxy) is 1. The highest BCUT2D eigenvalue weighted by atomic mass is 19.3. The first kappa shape index (κ1) is 21.0. The van der Waals surface area contributed by atoms with Gasteiger partial charge in [0.1, 0.15) is 12.4 Å². The third kappa shape index (κ3) is 4.14. The number of amides is 1. The third-order valence-electron chi connectivity index (χ3n) is 5.37. The molecule has 1 saturated heterocycles. The van der Waals surface area contributed by atoms with Crippen molar-refractivity contribution in [3.63, 3.8) is 0 Å². The molecule has 0 saturated carbocycles. The molecule has 3 aromatic rings. The smallest absolute Gasteiger partial charge is 0.276 e. The minimum atomic E-state index is -3.00. The van der Waals surface area contributed by atoms with E-state index in [2.05, 4.69) is 15.2 Å². The van der Waals surface area contributed by atoms with Gasteiger partial charge in [0.05, 0.1) is 30.0 Å². The van der Waals surface area contributed by atoms with E-state index in [4.69, 9.17) is 9.26 Å². The summed E-state index contributed by atoms with van der Waals surface area (Å²) in [4.78, 5) is 18.0. The zero-order chi connectivity index (χ0) is 22.2. The van der Waals surface area contributed by atoms with Crippen LogP contribution in [-0.2, 0) is 6.54 Å². The van der Waals surface area contributed by atoms with Crippen molar-refractivity contribution in [2.24, 2.45) is 0 Å². The quantitative estimate of drug-likeness (QED) is 0.594. The summed E-state index contributed by atoms with van der Waals surface area (Å²) in [6.07, 6.45) is 2.59. The Bertz CT molecular complexity index is 1080. The van der Waals surface area contributed by atoms with Gasteiger partial charge in [-0.2, -0.15) is 5.10 Å². The topological polar surface area (TPSA) is 86.3 Å². The number of carbonyl (C=O) groups excluding carboxylic acids is 1. The van der Waals surface area contributed by atoms with E-state index in [9.17, 15) is 13.6 Å². The molecule has 164 valence electrons. The minimum absolute atomic E-state index is 0.0258. The van der Waals surface area contributed by atoms with Gasteiger partial charge >= 0.3 is 0 Å². The maximum absolute atomic E-state index is 14.1. The molecule has 0 spiro atoms. The number of nitrogens with zero attached hydrogens (tertiary/aromatic N) is 5. The molecule has 0 bridgehead atoms. The van der Waals surface area contributed by atoms with Crippen molar-refractivity contribution >= 4 is 5.91 Å². The van der Waals surface area contributed by atoms with Gasteiger partial charge in [-0.3, -0.25) is 14.5 Å². The molecule has 31 heavy (non-hydrogen) atoms. The Morgan fingerprint density at radius 1 is 1.39 bits per heavy atom. The maximum Gasteiger partial charge on any atom is 0.276 e. The van der Waals surface area contributed by atoms with Crippen molar-refractivity contribution in [1.82, 2.24) is 24.8 Å². The number of halogens is 2. The Kier molecular flexibility index (Phi) is 5.47. The molecule has 8 nitrogen and oxygen atoms in total. The molecule has 1 aliphatic rings. The number of rotatable bonds is 6. The molecule has 0 N–H and O–H groups in total. The third-order valence-corrected chi connectivity index (χ3v) is 5.37. The van der Waals surface area contributed by atoms with Crippen LogP contribution in [0.3, 0.4) is 0 Å². The zero-order valence-electron chi connectivity index (χ0n) is 17.5. The van der Waals surface area contributed by atoms with E-state index in [-0.39, 0.29) is 12.3 Å². The van der Waals surface area contributed by atoms with Crippen LogP contribution in [0.25, 0.3) is 11.3 Å². The highest BCUT2D eigenvalue weighted by molar-refractivity contribution is 5.93. The van der Waals surface area contributed by atoms with Gasteiger partial charge in [0.15, 0.2) is 11.5 Å². The summed E-state index contributed by atoms with van der Waals surface area (Å²) in [5.74, 6) is -2.79. The maximum atomic E-state index is 14.1. The van der Waals surface area contributed by atoms with Gasteiger partial charge in [-0.1, -0.05) is 5.16 Å². The van der Waals surface area contributed by atoms with Gasteiger partial charge in [-0.05, 0) is 32.9 Å². The van der Waals surface area contributed by atoms with Gasteiger partial charge in [-0.15, -0.1) is 0 Å². The van der Waals surface area contributed by atoms with Gasteiger partial charge in [0, 0.05) is 30.9 Å². The zero-order valence-corrected chi connectivity index (χ0v) is 17.5. The van der Waals surface area contributed by atoms with Crippen LogP contribution in [0.15, 0.2) is 35.1 Å². The summed E-state index contributed by atoms with van der Waals surface area (Å²) in [5, 5.41) is 8.29. The second kappa shape index (κ2) is 8.09. The summed E-state index contributed by atoms with van der Waals surface area (Å²) in [7, 11) is 0. The van der Waals surface area contributed by atoms with E-state index in [1.165, 1.54) is 12.3 Å². The Labute approximate surface area is 177 Å². The molecular weight excluding hydrogens is 408 g/mol. The van der Waals surface area contributed by atoms with Crippen molar-refractivity contribution < 1.29 is 22.8 Å². The lowest BCUT2D eigenvalue weighted by atomic mass is 10.1. The van der Waals surface area contributed by atoms with Crippen molar-refractivity contribution in [3.8, 4) is 17.1 Å². The number of hydrogen-bond donors (Lipinski definition) is 0. The summed E-state index contributed by atoms with van der Waals surface area (Å²) >= 11 is 0. The van der Waals surface area contributed by atoms with Crippen LogP contribution in [0.2, 0.25) is 0 Å². The summed E-state index contributed by atoms with van der Waals surface area (Å²) in [6, 6.07) is 4.05. The molecule has 4 rings (SSSR count). The molecular formula is C21H23F2N5O3. The summed E-state index contributed by atoms with van der Waals surface area (Å²) in [5.41, 5.74) is 2.34. The highest BCUT2D eigenvalue weighted by Gasteiger charge is 2.48. The minimum Gasteiger partial charge on any atom is -0.490 e. The highest BCUT2D eigenvalue weighted by Crippen LogP contribution is 2.34. The Morgan fingerprint density at radius 3 is 2.87 bits per heavy atom. The molecule has 1 amide bonds. The molecule has 1 aliphatic heterocycles. The van der Waals surface area contributed by atoms with Crippen LogP contribution in [0, 0.1) is 13.8 Å². The molecule has 1 atom stereocenters. The van der Waals surface area contributed by atoms with E-state index in [1.54, 1.807) is 18.3 Å². The van der Waals surface area contributed by atoms with E-state index >= 15 is 0 Å². The van der Waals surface area contributed by atoms with Crippen LogP contribution >= 0.6 is 0 Å². The Hall–Kier alpha value is -3.30. The van der Waals surface area contributed by atoms with Crippen molar-refractivity contribution in [3.05, 3.63) is 47.7 Å². The summed E-state index contributed by atoms with van der Waals surface area (Å²) < 4.78 is 41.1. The number of aryl methyl sites for hydroxylation is 2. The van der Waals surface area contributed by atoms with Crippen molar-refractivity contribution in [2.75, 3.05) is 13.2 Å². The van der Waals surface area contributed by atoms with E-state index < -0.39 is 30.8 Å². The molecule has 4 heterocycles. The fraction of sp³-hybridized carbons (Fsp3) is 0.429. The van der Waals surface area contributed by atoms with Crippen LogP contribution in [0.5, 0.6) is 5.75 Å². The number of pyridine rings is 1. The molecule has 0 aliphatic carbocycles. The number of likely N-dealkylation sites (tertiary alicyclic amines) is 1. The number of carbonyl (C=O) groups is 1. The van der Waals surface area contributed by atoms with Gasteiger partial charge in [0.2, 0.25) is 0 Å². The average molecular weight is 431 g/mol. The first-order chi connectivity index (χ1) is 14.8. The molecule has 1 fully saturated rings. The normalized spacial score (nSPS) is 17.8. The second-order valence-corrected chi connectivity index (χ2v) is 7.58. The molecule has 0 radical (unpaired) electrons. The number of alkyl halides is 2. The van der Waals surface area contributed by atoms with Crippen LogP contribution < -0.4 is 4.74 Å².